The molecule has 2 N–H and O–H groups in total. The highest BCUT2D eigenvalue weighted by atomic mass is 16.7. The summed E-state index contributed by atoms with van der Waals surface area (Å²) in [4.78, 5) is 11.9. The predicted octanol–water partition coefficient (Wildman–Crippen LogP) is 0.955. The molecule has 1 fully saturated rings. The number of carbonyl (C=O) groups excluding carboxylic acids is 1. The Labute approximate surface area is 116 Å². The summed E-state index contributed by atoms with van der Waals surface area (Å²) >= 11 is 0. The number of ether oxygens (including phenoxy) is 3. The van der Waals surface area contributed by atoms with Gasteiger partial charge in [0.15, 0.2) is 17.6 Å². The molecular weight excluding hydrogens is 262 g/mol. The van der Waals surface area contributed by atoms with Gasteiger partial charge >= 0.3 is 0 Å². The number of nitrogens with one attached hydrogen (secondary N) is 1. The Bertz CT molecular complexity index is 517. The van der Waals surface area contributed by atoms with Gasteiger partial charge in [-0.1, -0.05) is 0 Å². The second-order valence-electron chi connectivity index (χ2n) is 4.86. The van der Waals surface area contributed by atoms with E-state index in [9.17, 15) is 9.90 Å². The van der Waals surface area contributed by atoms with Gasteiger partial charge < -0.3 is 24.6 Å². The average Bonchev–Trinajstić information content (AvgIpc) is 2.82. The molecule has 2 aliphatic rings. The molecule has 2 heterocycles. The molecule has 0 radical (unpaired) electrons. The summed E-state index contributed by atoms with van der Waals surface area (Å²) in [5.74, 6) is 1.53. The highest BCUT2D eigenvalue weighted by Crippen LogP contribution is 2.38. The molecule has 0 aromatic heterocycles. The minimum absolute atomic E-state index is 0.107. The number of aliphatic hydroxyl groups excluding tert-OH is 1. The Morgan fingerprint density at radius 3 is 2.90 bits per heavy atom. The van der Waals surface area contributed by atoms with Crippen LogP contribution in [0.5, 0.6) is 17.2 Å². The molecule has 0 saturated carbocycles. The third-order valence-electron chi connectivity index (χ3n) is 3.48. The zero-order valence-electron chi connectivity index (χ0n) is 11.1. The van der Waals surface area contributed by atoms with E-state index in [4.69, 9.17) is 14.2 Å². The van der Waals surface area contributed by atoms with Crippen LogP contribution < -0.4 is 19.5 Å². The van der Waals surface area contributed by atoms with Gasteiger partial charge in [0.05, 0.1) is 6.61 Å². The first-order chi connectivity index (χ1) is 9.78. The summed E-state index contributed by atoms with van der Waals surface area (Å²) in [5.41, 5.74) is 0.589. The van der Waals surface area contributed by atoms with E-state index in [-0.39, 0.29) is 19.3 Å². The summed E-state index contributed by atoms with van der Waals surface area (Å²) in [7, 11) is 0. The van der Waals surface area contributed by atoms with Gasteiger partial charge in [-0.3, -0.25) is 4.79 Å². The maximum absolute atomic E-state index is 11.9. The zero-order chi connectivity index (χ0) is 13.9. The molecule has 1 aromatic rings. The summed E-state index contributed by atoms with van der Waals surface area (Å²) in [5, 5.41) is 12.2. The van der Waals surface area contributed by atoms with Crippen molar-refractivity contribution < 1.29 is 24.1 Å². The second-order valence-corrected chi connectivity index (χ2v) is 4.86. The van der Waals surface area contributed by atoms with Crippen LogP contribution in [0.4, 0.5) is 0 Å². The highest BCUT2D eigenvalue weighted by Gasteiger charge is 2.25. The van der Waals surface area contributed by atoms with Gasteiger partial charge in [0.25, 0.3) is 5.91 Å². The van der Waals surface area contributed by atoms with E-state index in [0.717, 1.165) is 12.8 Å². The molecular formula is C14H17NO5. The Kier molecular flexibility index (Phi) is 3.64. The molecule has 2 aliphatic heterocycles. The van der Waals surface area contributed by atoms with E-state index in [1.807, 2.05) is 0 Å². The van der Waals surface area contributed by atoms with Gasteiger partial charge in [0.1, 0.15) is 5.75 Å². The van der Waals surface area contributed by atoms with Crippen molar-refractivity contribution in [1.82, 2.24) is 5.32 Å². The van der Waals surface area contributed by atoms with Crippen molar-refractivity contribution in [2.75, 3.05) is 13.3 Å². The minimum Gasteiger partial charge on any atom is -0.480 e. The Balaban J connectivity index is 1.84. The van der Waals surface area contributed by atoms with E-state index in [0.29, 0.717) is 35.8 Å². The van der Waals surface area contributed by atoms with Gasteiger partial charge in [-0.15, -0.1) is 0 Å². The second kappa shape index (κ2) is 5.58. The number of hydrogen-bond acceptors (Lipinski definition) is 5. The van der Waals surface area contributed by atoms with E-state index in [1.165, 1.54) is 0 Å². The van der Waals surface area contributed by atoms with Gasteiger partial charge in [-0.2, -0.15) is 0 Å². The van der Waals surface area contributed by atoms with Gasteiger partial charge in [-0.25, -0.2) is 0 Å². The first-order valence-corrected chi connectivity index (χ1v) is 6.75. The number of fused-ring (bicyclic) bond motifs is 1. The van der Waals surface area contributed by atoms with Crippen molar-refractivity contribution in [3.05, 3.63) is 17.7 Å². The SMILES string of the molecule is O=C1NCCCCC1Oc1cc2c(cc1CO)OCO2. The van der Waals surface area contributed by atoms with Crippen molar-refractivity contribution in [2.24, 2.45) is 0 Å². The lowest BCUT2D eigenvalue weighted by Crippen LogP contribution is -2.36. The van der Waals surface area contributed by atoms with Crippen molar-refractivity contribution in [1.29, 1.82) is 0 Å². The standard InChI is InChI=1S/C14H17NO5/c16-7-9-5-12-13(19-8-18-12)6-11(9)20-10-3-1-2-4-15-14(10)17/h5-6,10,16H,1-4,7-8H2,(H,15,17). The lowest BCUT2D eigenvalue weighted by Gasteiger charge is -2.18. The molecule has 1 saturated heterocycles. The number of amides is 1. The molecule has 20 heavy (non-hydrogen) atoms. The maximum atomic E-state index is 11.9. The van der Waals surface area contributed by atoms with Crippen LogP contribution >= 0.6 is 0 Å². The summed E-state index contributed by atoms with van der Waals surface area (Å²) in [6, 6.07) is 3.36. The third-order valence-corrected chi connectivity index (χ3v) is 3.48. The molecule has 1 amide bonds. The summed E-state index contributed by atoms with van der Waals surface area (Å²) < 4.78 is 16.3. The number of benzene rings is 1. The largest absolute Gasteiger partial charge is 0.480 e. The molecule has 1 unspecified atom stereocenters. The van der Waals surface area contributed by atoms with E-state index >= 15 is 0 Å². The van der Waals surface area contributed by atoms with Crippen LogP contribution in [0.2, 0.25) is 0 Å². The fourth-order valence-corrected chi connectivity index (χ4v) is 2.38. The van der Waals surface area contributed by atoms with E-state index in [1.54, 1.807) is 12.1 Å². The van der Waals surface area contributed by atoms with Gasteiger partial charge in [0.2, 0.25) is 6.79 Å². The van der Waals surface area contributed by atoms with E-state index < -0.39 is 6.10 Å². The minimum atomic E-state index is -0.525. The highest BCUT2D eigenvalue weighted by molar-refractivity contribution is 5.81. The smallest absolute Gasteiger partial charge is 0.261 e. The summed E-state index contributed by atoms with van der Waals surface area (Å²) in [6.07, 6.45) is 2.04. The quantitative estimate of drug-likeness (QED) is 0.861. The van der Waals surface area contributed by atoms with Crippen LogP contribution in [0, 0.1) is 0 Å². The molecule has 1 aromatic carbocycles. The fourth-order valence-electron chi connectivity index (χ4n) is 2.38. The lowest BCUT2D eigenvalue weighted by molar-refractivity contribution is -0.127. The predicted molar refractivity (Wildman–Crippen MR) is 69.8 cm³/mol. The third kappa shape index (κ3) is 2.51. The number of rotatable bonds is 3. The normalized spacial score (nSPS) is 21.2. The Morgan fingerprint density at radius 2 is 2.10 bits per heavy atom. The van der Waals surface area contributed by atoms with Crippen LogP contribution in [0.1, 0.15) is 24.8 Å². The maximum Gasteiger partial charge on any atom is 0.261 e. The lowest BCUT2D eigenvalue weighted by atomic mass is 10.1. The fraction of sp³-hybridized carbons (Fsp3) is 0.500. The van der Waals surface area contributed by atoms with Crippen molar-refractivity contribution in [3.63, 3.8) is 0 Å². The Morgan fingerprint density at radius 1 is 1.30 bits per heavy atom. The van der Waals surface area contributed by atoms with Crippen molar-refractivity contribution in [3.8, 4) is 17.2 Å². The zero-order valence-corrected chi connectivity index (χ0v) is 11.1. The topological polar surface area (TPSA) is 77.0 Å². The van der Waals surface area contributed by atoms with Crippen molar-refractivity contribution in [2.45, 2.75) is 32.0 Å². The molecule has 0 bridgehead atoms. The molecule has 108 valence electrons. The average molecular weight is 279 g/mol. The number of aliphatic hydroxyl groups is 1. The first kappa shape index (κ1) is 13.1. The van der Waals surface area contributed by atoms with Gasteiger partial charge in [0, 0.05) is 18.2 Å². The number of carbonyl (C=O) groups is 1. The molecule has 1 atom stereocenters. The van der Waals surface area contributed by atoms with Gasteiger partial charge in [-0.05, 0) is 25.3 Å². The molecule has 0 aliphatic carbocycles. The number of hydrogen-bond donors (Lipinski definition) is 2. The van der Waals surface area contributed by atoms with Crippen LogP contribution in [-0.4, -0.2) is 30.5 Å². The summed E-state index contributed by atoms with van der Waals surface area (Å²) in [6.45, 7) is 0.667. The van der Waals surface area contributed by atoms with E-state index in [2.05, 4.69) is 5.32 Å². The molecule has 6 heteroatoms. The molecule has 3 rings (SSSR count). The van der Waals surface area contributed by atoms with Crippen molar-refractivity contribution >= 4 is 5.91 Å². The van der Waals surface area contributed by atoms with Crippen LogP contribution in [0.15, 0.2) is 12.1 Å². The van der Waals surface area contributed by atoms with Crippen LogP contribution in [0.25, 0.3) is 0 Å². The van der Waals surface area contributed by atoms with Crippen LogP contribution in [0.3, 0.4) is 0 Å². The molecule has 6 nitrogen and oxygen atoms in total. The van der Waals surface area contributed by atoms with Crippen LogP contribution in [-0.2, 0) is 11.4 Å². The Hall–Kier alpha value is -1.95. The first-order valence-electron chi connectivity index (χ1n) is 6.75. The monoisotopic (exact) mass is 279 g/mol. The molecule has 0 spiro atoms.